The number of hydrogen-bond acceptors (Lipinski definition) is 4. The summed E-state index contributed by atoms with van der Waals surface area (Å²) >= 11 is 0. The number of carbonyl (C=O) groups is 1. The minimum atomic E-state index is -0.618. The second kappa shape index (κ2) is 10.3. The first-order valence-electron chi connectivity index (χ1n) is 13.1. The van der Waals surface area contributed by atoms with Crippen LogP contribution in [0.15, 0.2) is 41.5 Å². The largest absolute Gasteiger partial charge is 0.347 e. The molecule has 2 saturated heterocycles. The summed E-state index contributed by atoms with van der Waals surface area (Å²) in [7, 11) is 1.88. The van der Waals surface area contributed by atoms with Crippen LogP contribution in [0.3, 0.4) is 0 Å². The van der Waals surface area contributed by atoms with Crippen molar-refractivity contribution in [3.05, 3.63) is 64.3 Å². The van der Waals surface area contributed by atoms with Crippen LogP contribution in [0.25, 0.3) is 0 Å². The Kier molecular flexibility index (Phi) is 7.10. The fourth-order valence-corrected chi connectivity index (χ4v) is 6.77. The number of nitrogens with zero attached hydrogens (tertiary/aromatic N) is 4. The van der Waals surface area contributed by atoms with Gasteiger partial charge in [-0.15, -0.1) is 0 Å². The lowest BCUT2D eigenvalue weighted by molar-refractivity contribution is 0.0205. The average molecular weight is 500 g/mol. The molecule has 1 N–H and O–H groups in total. The molecule has 1 saturated carbocycles. The van der Waals surface area contributed by atoms with Gasteiger partial charge in [0.2, 0.25) is 0 Å². The number of piperidine rings is 2. The van der Waals surface area contributed by atoms with Crippen LogP contribution >= 0.6 is 0 Å². The molecule has 5 rings (SSSR count). The summed E-state index contributed by atoms with van der Waals surface area (Å²) in [5.41, 5.74) is 0.107. The SMILES string of the molecule is CN[C@@H]1CCN(C(=O)N2CC[C@@H](Cn3cccnc3=O)C3(CCCC3)C2)[C@H](c2ccc(F)cc2F)C1. The molecular weight excluding hydrogens is 464 g/mol. The number of amides is 2. The number of benzene rings is 1. The minimum absolute atomic E-state index is 0.0247. The lowest BCUT2D eigenvalue weighted by Crippen LogP contribution is -2.57. The van der Waals surface area contributed by atoms with E-state index in [1.807, 2.05) is 11.9 Å². The van der Waals surface area contributed by atoms with Crippen LogP contribution in [0.1, 0.15) is 56.6 Å². The Morgan fingerprint density at radius 2 is 2.00 bits per heavy atom. The number of urea groups is 1. The first-order valence-corrected chi connectivity index (χ1v) is 13.1. The lowest BCUT2D eigenvalue weighted by Gasteiger charge is -2.49. The van der Waals surface area contributed by atoms with Crippen molar-refractivity contribution in [3.8, 4) is 0 Å². The second-order valence-corrected chi connectivity index (χ2v) is 10.7. The third-order valence-corrected chi connectivity index (χ3v) is 8.77. The van der Waals surface area contributed by atoms with E-state index >= 15 is 0 Å². The number of carbonyl (C=O) groups excluding carboxylic acids is 1. The van der Waals surface area contributed by atoms with E-state index in [2.05, 4.69) is 10.3 Å². The number of halogens is 2. The molecule has 2 aliphatic heterocycles. The number of aromatic nitrogens is 2. The maximum absolute atomic E-state index is 14.8. The molecule has 2 aromatic rings. The van der Waals surface area contributed by atoms with Gasteiger partial charge in [-0.1, -0.05) is 18.9 Å². The molecule has 2 amide bonds. The molecule has 3 fully saturated rings. The summed E-state index contributed by atoms with van der Waals surface area (Å²) < 4.78 is 30.1. The highest BCUT2D eigenvalue weighted by atomic mass is 19.1. The number of likely N-dealkylation sites (tertiary alicyclic amines) is 2. The van der Waals surface area contributed by atoms with Gasteiger partial charge in [-0.3, -0.25) is 4.57 Å². The molecule has 3 atom stereocenters. The van der Waals surface area contributed by atoms with E-state index in [0.29, 0.717) is 44.1 Å². The van der Waals surface area contributed by atoms with Gasteiger partial charge >= 0.3 is 11.7 Å². The highest BCUT2D eigenvalue weighted by molar-refractivity contribution is 5.75. The Hall–Kier alpha value is -2.81. The van der Waals surface area contributed by atoms with Crippen LogP contribution in [-0.4, -0.2) is 58.1 Å². The first kappa shape index (κ1) is 24.9. The third-order valence-electron chi connectivity index (χ3n) is 8.77. The van der Waals surface area contributed by atoms with Crippen molar-refractivity contribution in [2.75, 3.05) is 26.7 Å². The van der Waals surface area contributed by atoms with Crippen molar-refractivity contribution in [1.82, 2.24) is 24.7 Å². The molecule has 0 radical (unpaired) electrons. The molecule has 3 heterocycles. The van der Waals surface area contributed by atoms with Gasteiger partial charge in [-0.2, -0.15) is 0 Å². The van der Waals surface area contributed by atoms with E-state index < -0.39 is 17.7 Å². The molecule has 7 nitrogen and oxygen atoms in total. The summed E-state index contributed by atoms with van der Waals surface area (Å²) in [4.78, 5) is 33.8. The van der Waals surface area contributed by atoms with Gasteiger partial charge in [0.05, 0.1) is 6.04 Å². The Morgan fingerprint density at radius 3 is 2.72 bits per heavy atom. The van der Waals surface area contributed by atoms with Crippen molar-refractivity contribution in [1.29, 1.82) is 0 Å². The van der Waals surface area contributed by atoms with Gasteiger partial charge in [0.1, 0.15) is 11.6 Å². The second-order valence-electron chi connectivity index (χ2n) is 10.7. The fraction of sp³-hybridized carbons (Fsp3) is 0.593. The molecule has 1 aliphatic carbocycles. The van der Waals surface area contributed by atoms with Gasteiger partial charge in [0, 0.05) is 56.2 Å². The van der Waals surface area contributed by atoms with Gasteiger partial charge < -0.3 is 15.1 Å². The monoisotopic (exact) mass is 499 g/mol. The normalized spacial score (nSPS) is 25.9. The lowest BCUT2D eigenvalue weighted by atomic mass is 9.69. The molecule has 0 unspecified atom stereocenters. The van der Waals surface area contributed by atoms with Crippen LogP contribution in [0.4, 0.5) is 13.6 Å². The van der Waals surface area contributed by atoms with E-state index in [0.717, 1.165) is 44.6 Å². The highest BCUT2D eigenvalue weighted by Gasteiger charge is 2.47. The Morgan fingerprint density at radius 1 is 1.19 bits per heavy atom. The zero-order valence-electron chi connectivity index (χ0n) is 20.8. The summed E-state index contributed by atoms with van der Waals surface area (Å²) in [6.45, 7) is 2.39. The molecule has 9 heteroatoms. The Labute approximate surface area is 210 Å². The van der Waals surface area contributed by atoms with Crippen LogP contribution < -0.4 is 11.0 Å². The predicted molar refractivity (Wildman–Crippen MR) is 132 cm³/mol. The van der Waals surface area contributed by atoms with Crippen molar-refractivity contribution in [2.24, 2.45) is 11.3 Å². The van der Waals surface area contributed by atoms with E-state index in [1.54, 1.807) is 21.7 Å². The number of rotatable bonds is 4. The van der Waals surface area contributed by atoms with Crippen molar-refractivity contribution >= 4 is 6.03 Å². The van der Waals surface area contributed by atoms with E-state index in [9.17, 15) is 18.4 Å². The minimum Gasteiger partial charge on any atom is -0.324 e. The van der Waals surface area contributed by atoms with Crippen LogP contribution in [0.2, 0.25) is 0 Å². The van der Waals surface area contributed by atoms with E-state index in [1.165, 1.54) is 18.3 Å². The molecule has 3 aliphatic rings. The summed E-state index contributed by atoms with van der Waals surface area (Å²) in [6, 6.07) is 5.07. The van der Waals surface area contributed by atoms with Crippen LogP contribution in [-0.2, 0) is 6.54 Å². The van der Waals surface area contributed by atoms with E-state index in [4.69, 9.17) is 0 Å². The topological polar surface area (TPSA) is 70.5 Å². The Bertz CT molecular complexity index is 1150. The van der Waals surface area contributed by atoms with Gasteiger partial charge in [0.15, 0.2) is 0 Å². The van der Waals surface area contributed by atoms with Gasteiger partial charge in [0.25, 0.3) is 0 Å². The first-order chi connectivity index (χ1) is 17.4. The van der Waals surface area contributed by atoms with Crippen LogP contribution in [0.5, 0.6) is 0 Å². The van der Waals surface area contributed by atoms with Crippen LogP contribution in [0, 0.1) is 23.0 Å². The molecule has 1 aromatic carbocycles. The maximum Gasteiger partial charge on any atom is 0.347 e. The summed E-state index contributed by atoms with van der Waals surface area (Å²) in [6.07, 6.45) is 9.81. The fourth-order valence-electron chi connectivity index (χ4n) is 6.77. The molecule has 1 aromatic heterocycles. The molecule has 194 valence electrons. The average Bonchev–Trinajstić information content (AvgIpc) is 3.34. The smallest absolute Gasteiger partial charge is 0.324 e. The predicted octanol–water partition coefficient (Wildman–Crippen LogP) is 3.95. The number of hydrogen-bond donors (Lipinski definition) is 1. The van der Waals surface area contributed by atoms with Gasteiger partial charge in [-0.05, 0) is 62.6 Å². The molecular formula is C27H35F2N5O2. The third kappa shape index (κ3) is 4.77. The van der Waals surface area contributed by atoms with E-state index in [-0.39, 0.29) is 23.2 Å². The molecule has 0 bridgehead atoms. The highest BCUT2D eigenvalue weighted by Crippen LogP contribution is 2.49. The Balaban J connectivity index is 1.37. The van der Waals surface area contributed by atoms with Crippen molar-refractivity contribution in [2.45, 2.75) is 63.6 Å². The zero-order chi connectivity index (χ0) is 25.3. The molecule has 36 heavy (non-hydrogen) atoms. The summed E-state index contributed by atoms with van der Waals surface area (Å²) in [5.74, 6) is -0.929. The molecule has 1 spiro atoms. The number of nitrogens with one attached hydrogen (secondary N) is 1. The van der Waals surface area contributed by atoms with Gasteiger partial charge in [-0.25, -0.2) is 23.4 Å². The summed E-state index contributed by atoms with van der Waals surface area (Å²) in [5, 5.41) is 3.27. The standard InChI is InChI=1S/C27H35F2N5O2/c1-30-21-8-14-34(24(16-21)22-6-5-20(28)15-23(22)29)26(36)33-13-7-19(27(18-33)9-2-3-10-27)17-32-12-4-11-31-25(32)35/h4-6,11-12,15,19,21,24,30H,2-3,7-10,13-14,16-18H2,1H3/t19-,21+,24-/m0/s1. The zero-order valence-corrected chi connectivity index (χ0v) is 20.8. The van der Waals surface area contributed by atoms with Crippen molar-refractivity contribution in [3.63, 3.8) is 0 Å². The quantitative estimate of drug-likeness (QED) is 0.692. The maximum atomic E-state index is 14.8. The van der Waals surface area contributed by atoms with Crippen molar-refractivity contribution < 1.29 is 13.6 Å².